The Balaban J connectivity index is 1.98. The molecule has 1 atom stereocenters. The number of hydrogen-bond donors (Lipinski definition) is 0. The van der Waals surface area contributed by atoms with Gasteiger partial charge in [-0.3, -0.25) is 4.79 Å². The summed E-state index contributed by atoms with van der Waals surface area (Å²) in [4.78, 5) is 18.0. The van der Waals surface area contributed by atoms with E-state index in [0.717, 1.165) is 22.4 Å². The quantitative estimate of drug-likeness (QED) is 0.761. The van der Waals surface area contributed by atoms with Gasteiger partial charge in [0.1, 0.15) is 0 Å². The zero-order chi connectivity index (χ0) is 11.8. The van der Waals surface area contributed by atoms with Crippen molar-refractivity contribution in [3.05, 3.63) is 36.4 Å². The minimum atomic E-state index is 0.179. The predicted octanol–water partition coefficient (Wildman–Crippen LogP) is 2.84. The number of amides is 1. The molecule has 17 heavy (non-hydrogen) atoms. The smallest absolute Gasteiger partial charge is 0.227 e. The van der Waals surface area contributed by atoms with E-state index in [0.29, 0.717) is 6.42 Å². The number of anilines is 1. The van der Waals surface area contributed by atoms with Gasteiger partial charge in [0.2, 0.25) is 5.91 Å². The van der Waals surface area contributed by atoms with Crippen molar-refractivity contribution in [3.8, 4) is 0 Å². The number of benzene rings is 1. The van der Waals surface area contributed by atoms with Crippen LogP contribution in [0.4, 0.5) is 5.69 Å². The van der Waals surface area contributed by atoms with Gasteiger partial charge in [-0.2, -0.15) is 0 Å². The molecule has 3 rings (SSSR count). The fourth-order valence-corrected chi connectivity index (χ4v) is 2.86. The highest BCUT2D eigenvalue weighted by Gasteiger charge is 2.28. The summed E-state index contributed by atoms with van der Waals surface area (Å²) in [6, 6.07) is 5.97. The summed E-state index contributed by atoms with van der Waals surface area (Å²) in [6.45, 7) is 4.50. The maximum Gasteiger partial charge on any atom is 0.227 e. The van der Waals surface area contributed by atoms with Gasteiger partial charge in [0.25, 0.3) is 0 Å². The Morgan fingerprint density at radius 2 is 2.41 bits per heavy atom. The Labute approximate surface area is 103 Å². The molecule has 4 heteroatoms. The summed E-state index contributed by atoms with van der Waals surface area (Å²) in [7, 11) is 0. The van der Waals surface area contributed by atoms with Crippen LogP contribution in [-0.2, 0) is 4.79 Å². The number of carbonyl (C=O) groups excluding carboxylic acids is 1. The fourth-order valence-electron chi connectivity index (χ4n) is 2.15. The van der Waals surface area contributed by atoms with Crippen molar-refractivity contribution >= 4 is 33.1 Å². The van der Waals surface area contributed by atoms with Gasteiger partial charge < -0.3 is 4.90 Å². The van der Waals surface area contributed by atoms with Gasteiger partial charge >= 0.3 is 0 Å². The normalized spacial score (nSPS) is 20.1. The first kappa shape index (κ1) is 10.5. The van der Waals surface area contributed by atoms with Crippen molar-refractivity contribution in [2.75, 3.05) is 11.4 Å². The SMILES string of the molecule is C=CC1CC(=O)N(c2ccc3ncsc3c2)C1. The molecule has 0 aliphatic carbocycles. The van der Waals surface area contributed by atoms with E-state index in [1.54, 1.807) is 11.3 Å². The van der Waals surface area contributed by atoms with E-state index in [9.17, 15) is 4.79 Å². The molecule has 1 amide bonds. The van der Waals surface area contributed by atoms with Gasteiger partial charge in [-0.15, -0.1) is 17.9 Å². The van der Waals surface area contributed by atoms with Crippen LogP contribution in [0.15, 0.2) is 36.4 Å². The molecule has 0 saturated carbocycles. The Morgan fingerprint density at radius 3 is 3.18 bits per heavy atom. The largest absolute Gasteiger partial charge is 0.312 e. The number of fused-ring (bicyclic) bond motifs is 1. The standard InChI is InChI=1S/C13H12N2OS/c1-2-9-5-13(16)15(7-9)10-3-4-11-12(6-10)17-8-14-11/h2-4,6,8-9H,1,5,7H2. The molecule has 1 aliphatic rings. The van der Waals surface area contributed by atoms with Gasteiger partial charge in [0, 0.05) is 24.6 Å². The third-order valence-electron chi connectivity index (χ3n) is 3.11. The minimum Gasteiger partial charge on any atom is -0.312 e. The minimum absolute atomic E-state index is 0.179. The molecule has 0 spiro atoms. The van der Waals surface area contributed by atoms with Crippen LogP contribution in [0.5, 0.6) is 0 Å². The van der Waals surface area contributed by atoms with E-state index >= 15 is 0 Å². The summed E-state index contributed by atoms with van der Waals surface area (Å²) in [5.74, 6) is 0.457. The second kappa shape index (κ2) is 3.96. The van der Waals surface area contributed by atoms with Gasteiger partial charge in [0.05, 0.1) is 15.7 Å². The average Bonchev–Trinajstić information content (AvgIpc) is 2.93. The highest BCUT2D eigenvalue weighted by molar-refractivity contribution is 7.16. The van der Waals surface area contributed by atoms with Gasteiger partial charge in [-0.05, 0) is 18.2 Å². The zero-order valence-electron chi connectivity index (χ0n) is 9.30. The molecule has 0 radical (unpaired) electrons. The van der Waals surface area contributed by atoms with Crippen LogP contribution in [0.1, 0.15) is 6.42 Å². The first-order chi connectivity index (χ1) is 8.28. The van der Waals surface area contributed by atoms with Crippen LogP contribution in [0.3, 0.4) is 0 Å². The summed E-state index contributed by atoms with van der Waals surface area (Å²) >= 11 is 1.60. The van der Waals surface area contributed by atoms with Crippen molar-refractivity contribution < 1.29 is 4.79 Å². The molecule has 2 heterocycles. The Bertz CT molecular complexity index is 590. The predicted molar refractivity (Wildman–Crippen MR) is 70.3 cm³/mol. The van der Waals surface area contributed by atoms with Crippen LogP contribution >= 0.6 is 11.3 Å². The molecule has 0 bridgehead atoms. The zero-order valence-corrected chi connectivity index (χ0v) is 10.1. The molecule has 86 valence electrons. The van der Waals surface area contributed by atoms with E-state index in [1.807, 2.05) is 34.7 Å². The van der Waals surface area contributed by atoms with E-state index in [2.05, 4.69) is 11.6 Å². The average molecular weight is 244 g/mol. The molecule has 1 aromatic heterocycles. The van der Waals surface area contributed by atoms with Crippen molar-refractivity contribution in [2.45, 2.75) is 6.42 Å². The van der Waals surface area contributed by atoms with Crippen LogP contribution in [0.25, 0.3) is 10.2 Å². The number of nitrogens with zero attached hydrogens (tertiary/aromatic N) is 2. The van der Waals surface area contributed by atoms with Crippen molar-refractivity contribution in [1.82, 2.24) is 4.98 Å². The monoisotopic (exact) mass is 244 g/mol. The third-order valence-corrected chi connectivity index (χ3v) is 3.91. The second-order valence-electron chi connectivity index (χ2n) is 4.21. The van der Waals surface area contributed by atoms with Crippen LogP contribution in [0, 0.1) is 5.92 Å². The number of hydrogen-bond acceptors (Lipinski definition) is 3. The molecule has 2 aromatic rings. The Hall–Kier alpha value is -1.68. The molecular weight excluding hydrogens is 232 g/mol. The molecule has 3 nitrogen and oxygen atoms in total. The molecule has 1 unspecified atom stereocenters. The molecule has 1 aliphatic heterocycles. The topological polar surface area (TPSA) is 33.2 Å². The number of rotatable bonds is 2. The van der Waals surface area contributed by atoms with E-state index in [4.69, 9.17) is 0 Å². The van der Waals surface area contributed by atoms with Crippen LogP contribution in [-0.4, -0.2) is 17.4 Å². The molecule has 0 N–H and O–H groups in total. The highest BCUT2D eigenvalue weighted by atomic mass is 32.1. The maximum absolute atomic E-state index is 11.9. The Morgan fingerprint density at radius 1 is 1.53 bits per heavy atom. The molecule has 1 fully saturated rings. The third kappa shape index (κ3) is 1.74. The summed E-state index contributed by atoms with van der Waals surface area (Å²) < 4.78 is 1.12. The lowest BCUT2D eigenvalue weighted by atomic mass is 10.1. The van der Waals surface area contributed by atoms with E-state index < -0.39 is 0 Å². The first-order valence-electron chi connectivity index (χ1n) is 5.54. The van der Waals surface area contributed by atoms with Gasteiger partial charge in [0.15, 0.2) is 0 Å². The van der Waals surface area contributed by atoms with Gasteiger partial charge in [-0.25, -0.2) is 4.98 Å². The number of thiazole rings is 1. The number of carbonyl (C=O) groups is 1. The first-order valence-corrected chi connectivity index (χ1v) is 6.42. The molecular formula is C13H12N2OS. The van der Waals surface area contributed by atoms with E-state index in [1.165, 1.54) is 0 Å². The second-order valence-corrected chi connectivity index (χ2v) is 5.09. The highest BCUT2D eigenvalue weighted by Crippen LogP contribution is 2.29. The fraction of sp³-hybridized carbons (Fsp3) is 0.231. The summed E-state index contributed by atoms with van der Waals surface area (Å²) in [5.41, 5.74) is 3.79. The lowest BCUT2D eigenvalue weighted by molar-refractivity contribution is -0.117. The van der Waals surface area contributed by atoms with E-state index in [-0.39, 0.29) is 11.8 Å². The van der Waals surface area contributed by atoms with Gasteiger partial charge in [-0.1, -0.05) is 6.08 Å². The summed E-state index contributed by atoms with van der Waals surface area (Å²) in [6.07, 6.45) is 2.44. The van der Waals surface area contributed by atoms with Crippen molar-refractivity contribution in [3.63, 3.8) is 0 Å². The molecule has 1 aromatic carbocycles. The summed E-state index contributed by atoms with van der Waals surface area (Å²) in [5, 5.41) is 0. The molecule has 1 saturated heterocycles. The lowest BCUT2D eigenvalue weighted by Gasteiger charge is -2.15. The number of aromatic nitrogens is 1. The lowest BCUT2D eigenvalue weighted by Crippen LogP contribution is -2.24. The van der Waals surface area contributed by atoms with Crippen molar-refractivity contribution in [2.24, 2.45) is 5.92 Å². The maximum atomic E-state index is 11.9. The Kier molecular flexibility index (Phi) is 2.44. The van der Waals surface area contributed by atoms with Crippen LogP contribution in [0.2, 0.25) is 0 Å². The van der Waals surface area contributed by atoms with Crippen molar-refractivity contribution in [1.29, 1.82) is 0 Å². The van der Waals surface area contributed by atoms with Crippen LogP contribution < -0.4 is 4.90 Å².